The topological polar surface area (TPSA) is 50.5 Å². The van der Waals surface area contributed by atoms with Crippen molar-refractivity contribution in [3.63, 3.8) is 0 Å². The maximum atomic E-state index is 12.9. The Morgan fingerprint density at radius 3 is 2.75 bits per heavy atom. The average molecular weight is 320 g/mol. The summed E-state index contributed by atoms with van der Waals surface area (Å²) in [6, 6.07) is 12.3. The van der Waals surface area contributed by atoms with E-state index < -0.39 is 0 Å². The van der Waals surface area contributed by atoms with Crippen molar-refractivity contribution in [1.29, 1.82) is 0 Å². The van der Waals surface area contributed by atoms with Crippen LogP contribution in [0, 0.1) is 5.41 Å². The van der Waals surface area contributed by atoms with Crippen LogP contribution in [0.15, 0.2) is 55.0 Å². The molecule has 0 saturated carbocycles. The molecule has 0 N–H and O–H groups in total. The summed E-state index contributed by atoms with van der Waals surface area (Å²) in [4.78, 5) is 23.4. The number of fused-ring (bicyclic) bond motifs is 1. The lowest BCUT2D eigenvalue weighted by Crippen LogP contribution is -2.30. The van der Waals surface area contributed by atoms with Gasteiger partial charge in [-0.25, -0.2) is 9.97 Å². The predicted molar refractivity (Wildman–Crippen MR) is 91.9 cm³/mol. The van der Waals surface area contributed by atoms with Crippen molar-refractivity contribution in [2.45, 2.75) is 19.8 Å². The van der Waals surface area contributed by atoms with E-state index in [2.05, 4.69) is 48.1 Å². The van der Waals surface area contributed by atoms with Gasteiger partial charge < -0.3 is 4.90 Å². The number of hydrogen-bond donors (Lipinski definition) is 0. The van der Waals surface area contributed by atoms with E-state index >= 15 is 0 Å². The molecule has 3 aromatic rings. The standard InChI is InChI=1S/C19H20N4O/c1-19(2)13-23(11-15(19)14-7-4-3-5-8-14)17(24)16-12-22-10-6-9-20-18(22)21-16/h3-10,12,15H,11,13H2,1-2H3/t15-/m0/s1. The van der Waals surface area contributed by atoms with Crippen molar-refractivity contribution >= 4 is 11.7 Å². The molecule has 1 atom stereocenters. The third-order valence-corrected chi connectivity index (χ3v) is 4.89. The molecule has 24 heavy (non-hydrogen) atoms. The molecule has 1 saturated heterocycles. The van der Waals surface area contributed by atoms with Gasteiger partial charge in [-0.15, -0.1) is 0 Å². The Morgan fingerprint density at radius 1 is 1.21 bits per heavy atom. The van der Waals surface area contributed by atoms with Crippen molar-refractivity contribution in [3.8, 4) is 0 Å². The van der Waals surface area contributed by atoms with E-state index in [1.165, 1.54) is 5.56 Å². The van der Waals surface area contributed by atoms with E-state index in [-0.39, 0.29) is 11.3 Å². The van der Waals surface area contributed by atoms with Crippen molar-refractivity contribution in [2.75, 3.05) is 13.1 Å². The van der Waals surface area contributed by atoms with Gasteiger partial charge >= 0.3 is 0 Å². The molecule has 0 radical (unpaired) electrons. The van der Waals surface area contributed by atoms with Gasteiger partial charge in [-0.1, -0.05) is 44.2 Å². The molecule has 0 bridgehead atoms. The van der Waals surface area contributed by atoms with Crippen LogP contribution in [0.2, 0.25) is 0 Å². The van der Waals surface area contributed by atoms with Gasteiger partial charge in [0.15, 0.2) is 0 Å². The largest absolute Gasteiger partial charge is 0.336 e. The van der Waals surface area contributed by atoms with Crippen LogP contribution in [-0.4, -0.2) is 38.3 Å². The van der Waals surface area contributed by atoms with E-state index in [1.54, 1.807) is 16.8 Å². The second-order valence-electron chi connectivity index (χ2n) is 7.09. The summed E-state index contributed by atoms with van der Waals surface area (Å²) in [5.41, 5.74) is 1.78. The molecule has 1 aliphatic rings. The molecule has 5 heteroatoms. The predicted octanol–water partition coefficient (Wildman–Crippen LogP) is 3.00. The highest BCUT2D eigenvalue weighted by Crippen LogP contribution is 2.42. The monoisotopic (exact) mass is 320 g/mol. The molecule has 1 amide bonds. The Bertz CT molecular complexity index is 852. The summed E-state index contributed by atoms with van der Waals surface area (Å²) in [5, 5.41) is 0. The SMILES string of the molecule is CC1(C)CN(C(=O)c2cn3cccnc3n2)C[C@H]1c1ccccc1. The van der Waals surface area contributed by atoms with Gasteiger partial charge in [-0.2, -0.15) is 0 Å². The first kappa shape index (κ1) is 14.9. The Morgan fingerprint density at radius 2 is 2.00 bits per heavy atom. The summed E-state index contributed by atoms with van der Waals surface area (Å²) < 4.78 is 1.78. The first-order chi connectivity index (χ1) is 11.5. The lowest BCUT2D eigenvalue weighted by atomic mass is 9.78. The fourth-order valence-corrected chi connectivity index (χ4v) is 3.63. The van der Waals surface area contributed by atoms with Crippen LogP contribution in [0.4, 0.5) is 0 Å². The quantitative estimate of drug-likeness (QED) is 0.729. The number of nitrogens with zero attached hydrogens (tertiary/aromatic N) is 4. The highest BCUT2D eigenvalue weighted by Gasteiger charge is 2.42. The molecular weight excluding hydrogens is 300 g/mol. The molecule has 0 spiro atoms. The minimum Gasteiger partial charge on any atom is -0.336 e. The van der Waals surface area contributed by atoms with E-state index in [0.717, 1.165) is 13.1 Å². The third-order valence-electron chi connectivity index (χ3n) is 4.89. The average Bonchev–Trinajstić information content (AvgIpc) is 3.15. The van der Waals surface area contributed by atoms with Gasteiger partial charge in [-0.3, -0.25) is 9.20 Å². The van der Waals surface area contributed by atoms with Crippen LogP contribution in [0.1, 0.15) is 35.8 Å². The van der Waals surface area contributed by atoms with Crippen molar-refractivity contribution in [2.24, 2.45) is 5.41 Å². The molecule has 2 aromatic heterocycles. The fourth-order valence-electron chi connectivity index (χ4n) is 3.63. The van der Waals surface area contributed by atoms with E-state index in [4.69, 9.17) is 0 Å². The van der Waals surface area contributed by atoms with Gasteiger partial charge in [-0.05, 0) is 17.0 Å². The van der Waals surface area contributed by atoms with E-state index in [9.17, 15) is 4.79 Å². The molecule has 5 nitrogen and oxygen atoms in total. The minimum absolute atomic E-state index is 0.0213. The van der Waals surface area contributed by atoms with Gasteiger partial charge in [0.25, 0.3) is 5.91 Å². The molecule has 1 aromatic carbocycles. The van der Waals surface area contributed by atoms with Crippen molar-refractivity contribution in [3.05, 3.63) is 66.2 Å². The van der Waals surface area contributed by atoms with E-state index in [1.807, 2.05) is 23.2 Å². The van der Waals surface area contributed by atoms with Crippen LogP contribution in [0.25, 0.3) is 5.78 Å². The number of likely N-dealkylation sites (tertiary alicyclic amines) is 1. The molecule has 1 fully saturated rings. The van der Waals surface area contributed by atoms with Crippen molar-refractivity contribution < 1.29 is 4.79 Å². The minimum atomic E-state index is -0.0213. The zero-order chi connectivity index (χ0) is 16.7. The molecular formula is C19H20N4O. The lowest BCUT2D eigenvalue weighted by molar-refractivity contribution is 0.0773. The van der Waals surface area contributed by atoms with Crippen LogP contribution in [0.5, 0.6) is 0 Å². The first-order valence-corrected chi connectivity index (χ1v) is 8.18. The number of amides is 1. The maximum Gasteiger partial charge on any atom is 0.274 e. The molecule has 122 valence electrons. The van der Waals surface area contributed by atoms with Crippen LogP contribution in [0.3, 0.4) is 0 Å². The first-order valence-electron chi connectivity index (χ1n) is 8.18. The highest BCUT2D eigenvalue weighted by molar-refractivity contribution is 5.93. The maximum absolute atomic E-state index is 12.9. The third kappa shape index (κ3) is 2.46. The Balaban J connectivity index is 1.62. The Labute approximate surface area is 141 Å². The Kier molecular flexibility index (Phi) is 3.37. The van der Waals surface area contributed by atoms with E-state index in [0.29, 0.717) is 17.4 Å². The summed E-state index contributed by atoms with van der Waals surface area (Å²) in [5.74, 6) is 0.865. The number of imidazole rings is 1. The van der Waals surface area contributed by atoms with Crippen LogP contribution < -0.4 is 0 Å². The number of carbonyl (C=O) groups is 1. The number of hydrogen-bond acceptors (Lipinski definition) is 3. The van der Waals surface area contributed by atoms with Gasteiger partial charge in [0.1, 0.15) is 5.69 Å². The molecule has 0 unspecified atom stereocenters. The van der Waals surface area contributed by atoms with Gasteiger partial charge in [0, 0.05) is 37.6 Å². The lowest BCUT2D eigenvalue weighted by Gasteiger charge is -2.25. The normalized spacial score (nSPS) is 19.8. The fraction of sp³-hybridized carbons (Fsp3) is 0.316. The zero-order valence-electron chi connectivity index (χ0n) is 13.9. The molecule has 3 heterocycles. The smallest absolute Gasteiger partial charge is 0.274 e. The molecule has 4 rings (SSSR count). The summed E-state index contributed by atoms with van der Waals surface area (Å²) in [7, 11) is 0. The van der Waals surface area contributed by atoms with Crippen molar-refractivity contribution in [1.82, 2.24) is 19.3 Å². The molecule has 0 aliphatic carbocycles. The summed E-state index contributed by atoms with van der Waals surface area (Å²) in [6.07, 6.45) is 5.29. The highest BCUT2D eigenvalue weighted by atomic mass is 16.2. The number of carbonyl (C=O) groups excluding carboxylic acids is 1. The number of aromatic nitrogens is 3. The van der Waals surface area contributed by atoms with Gasteiger partial charge in [0.2, 0.25) is 5.78 Å². The Hall–Kier alpha value is -2.69. The molecule has 1 aliphatic heterocycles. The summed E-state index contributed by atoms with van der Waals surface area (Å²) in [6.45, 7) is 5.90. The van der Waals surface area contributed by atoms with Gasteiger partial charge in [0.05, 0.1) is 0 Å². The zero-order valence-corrected chi connectivity index (χ0v) is 13.9. The van der Waals surface area contributed by atoms with Crippen LogP contribution >= 0.6 is 0 Å². The van der Waals surface area contributed by atoms with Crippen LogP contribution in [-0.2, 0) is 0 Å². The second kappa shape index (κ2) is 5.44. The number of rotatable bonds is 2. The number of benzene rings is 1. The second-order valence-corrected chi connectivity index (χ2v) is 7.09. The summed E-state index contributed by atoms with van der Waals surface area (Å²) >= 11 is 0.